The van der Waals surface area contributed by atoms with Crippen LogP contribution in [-0.4, -0.2) is 4.57 Å². The molecule has 92 valence electrons. The molecule has 3 aromatic rings. The molecule has 0 spiro atoms. The average Bonchev–Trinajstić information content (AvgIpc) is 2.84. The normalized spacial score (nSPS) is 10.5. The Morgan fingerprint density at radius 3 is 2.74 bits per heavy atom. The zero-order chi connectivity index (χ0) is 13.2. The Hall–Kier alpha value is -2.24. The summed E-state index contributed by atoms with van der Waals surface area (Å²) >= 11 is 6.17. The number of benzene rings is 2. The first-order chi connectivity index (χ1) is 9.29. The molecule has 0 bridgehead atoms. The van der Waals surface area contributed by atoms with Crippen molar-refractivity contribution in [2.24, 2.45) is 0 Å². The molecule has 0 aliphatic rings. The number of hydrogen-bond acceptors (Lipinski definition) is 1. The van der Waals surface area contributed by atoms with Gasteiger partial charge in [-0.2, -0.15) is 5.26 Å². The second-order valence-electron chi connectivity index (χ2n) is 4.39. The summed E-state index contributed by atoms with van der Waals surface area (Å²) in [5, 5.41) is 10.9. The van der Waals surface area contributed by atoms with E-state index in [2.05, 4.69) is 10.6 Å². The van der Waals surface area contributed by atoms with Crippen molar-refractivity contribution in [3.8, 4) is 6.07 Å². The topological polar surface area (TPSA) is 28.7 Å². The van der Waals surface area contributed by atoms with Gasteiger partial charge in [0.25, 0.3) is 0 Å². The fraction of sp³-hybridized carbons (Fsp3) is 0.0625. The van der Waals surface area contributed by atoms with Crippen molar-refractivity contribution in [1.29, 1.82) is 5.26 Å². The molecule has 1 heterocycles. The molecule has 0 saturated carbocycles. The quantitative estimate of drug-likeness (QED) is 0.683. The van der Waals surface area contributed by atoms with Crippen LogP contribution >= 0.6 is 11.6 Å². The lowest BCUT2D eigenvalue weighted by atomic mass is 10.1. The van der Waals surface area contributed by atoms with Crippen LogP contribution < -0.4 is 0 Å². The first-order valence-corrected chi connectivity index (χ1v) is 6.39. The van der Waals surface area contributed by atoms with E-state index in [9.17, 15) is 0 Å². The van der Waals surface area contributed by atoms with E-state index in [0.717, 1.165) is 21.5 Å². The van der Waals surface area contributed by atoms with Gasteiger partial charge in [0.1, 0.15) is 0 Å². The van der Waals surface area contributed by atoms with Gasteiger partial charge in [0, 0.05) is 28.7 Å². The minimum Gasteiger partial charge on any atom is -0.343 e. The summed E-state index contributed by atoms with van der Waals surface area (Å²) in [4.78, 5) is 0. The number of nitriles is 1. The molecular weight excluding hydrogens is 256 g/mol. The zero-order valence-corrected chi connectivity index (χ0v) is 10.9. The molecule has 2 aromatic carbocycles. The van der Waals surface area contributed by atoms with E-state index < -0.39 is 0 Å². The van der Waals surface area contributed by atoms with Crippen molar-refractivity contribution in [2.75, 3.05) is 0 Å². The van der Waals surface area contributed by atoms with E-state index in [0.29, 0.717) is 12.1 Å². The Labute approximate surface area is 116 Å². The van der Waals surface area contributed by atoms with Gasteiger partial charge in [-0.15, -0.1) is 0 Å². The predicted octanol–water partition coefficient (Wildman–Crippen LogP) is 4.21. The Bertz CT molecular complexity index is 781. The van der Waals surface area contributed by atoms with Gasteiger partial charge in [-0.1, -0.05) is 35.9 Å². The van der Waals surface area contributed by atoms with Gasteiger partial charge in [-0.25, -0.2) is 0 Å². The Morgan fingerprint density at radius 2 is 1.89 bits per heavy atom. The largest absolute Gasteiger partial charge is 0.343 e. The van der Waals surface area contributed by atoms with Crippen LogP contribution in [0, 0.1) is 11.3 Å². The number of fused-ring (bicyclic) bond motifs is 1. The van der Waals surface area contributed by atoms with Crippen molar-refractivity contribution in [3.05, 3.63) is 70.9 Å². The molecule has 0 saturated heterocycles. The molecule has 0 aliphatic carbocycles. The van der Waals surface area contributed by atoms with Gasteiger partial charge < -0.3 is 4.57 Å². The maximum absolute atomic E-state index is 9.12. The third kappa shape index (κ3) is 2.09. The van der Waals surface area contributed by atoms with E-state index >= 15 is 0 Å². The molecular formula is C16H11ClN2. The van der Waals surface area contributed by atoms with Crippen LogP contribution in [0.25, 0.3) is 10.9 Å². The van der Waals surface area contributed by atoms with Gasteiger partial charge in [-0.05, 0) is 29.8 Å². The number of rotatable bonds is 2. The highest BCUT2D eigenvalue weighted by atomic mass is 35.5. The Morgan fingerprint density at radius 1 is 1.05 bits per heavy atom. The van der Waals surface area contributed by atoms with Gasteiger partial charge >= 0.3 is 0 Å². The molecule has 0 radical (unpaired) electrons. The van der Waals surface area contributed by atoms with Gasteiger partial charge in [0.2, 0.25) is 0 Å². The molecule has 19 heavy (non-hydrogen) atoms. The standard InChI is InChI=1S/C16H11ClN2/c17-15-6-3-7-16-14(15)8-9-19(16)11-13-5-2-1-4-12(13)10-18/h1-9H,11H2. The smallest absolute Gasteiger partial charge is 0.0995 e. The second kappa shape index (κ2) is 4.79. The lowest BCUT2D eigenvalue weighted by Gasteiger charge is -2.07. The fourth-order valence-corrected chi connectivity index (χ4v) is 2.51. The molecule has 2 nitrogen and oxygen atoms in total. The first-order valence-electron chi connectivity index (χ1n) is 6.01. The molecule has 1 aromatic heterocycles. The fourth-order valence-electron chi connectivity index (χ4n) is 2.27. The first kappa shape index (κ1) is 11.8. The SMILES string of the molecule is N#Cc1ccccc1Cn1ccc2c(Cl)cccc21. The summed E-state index contributed by atoms with van der Waals surface area (Å²) < 4.78 is 2.11. The molecule has 3 rings (SSSR count). The predicted molar refractivity (Wildman–Crippen MR) is 77.2 cm³/mol. The maximum atomic E-state index is 9.12. The molecule has 0 fully saturated rings. The average molecular weight is 267 g/mol. The molecule has 3 heteroatoms. The summed E-state index contributed by atoms with van der Waals surface area (Å²) in [6.45, 7) is 0.674. The number of halogens is 1. The van der Waals surface area contributed by atoms with Crippen LogP contribution in [0.15, 0.2) is 54.7 Å². The van der Waals surface area contributed by atoms with Crippen molar-refractivity contribution >= 4 is 22.5 Å². The van der Waals surface area contributed by atoms with Gasteiger partial charge in [-0.3, -0.25) is 0 Å². The molecule has 0 amide bonds. The summed E-state index contributed by atoms with van der Waals surface area (Å²) in [5.74, 6) is 0. The van der Waals surface area contributed by atoms with Crippen LogP contribution in [0.4, 0.5) is 0 Å². The summed E-state index contributed by atoms with van der Waals surface area (Å²) in [6, 6.07) is 17.8. The van der Waals surface area contributed by atoms with Gasteiger partial charge in [0.05, 0.1) is 11.6 Å². The van der Waals surface area contributed by atoms with Crippen LogP contribution in [0.2, 0.25) is 5.02 Å². The molecule has 0 unspecified atom stereocenters. The summed E-state index contributed by atoms with van der Waals surface area (Å²) in [7, 11) is 0. The summed E-state index contributed by atoms with van der Waals surface area (Å²) in [5.41, 5.74) is 2.81. The minimum atomic E-state index is 0.674. The van der Waals surface area contributed by atoms with Crippen molar-refractivity contribution in [3.63, 3.8) is 0 Å². The van der Waals surface area contributed by atoms with Crippen molar-refractivity contribution in [2.45, 2.75) is 6.54 Å². The van der Waals surface area contributed by atoms with E-state index in [1.807, 2.05) is 54.7 Å². The highest BCUT2D eigenvalue weighted by Gasteiger charge is 2.06. The number of nitrogens with zero attached hydrogens (tertiary/aromatic N) is 2. The van der Waals surface area contributed by atoms with Crippen molar-refractivity contribution < 1.29 is 0 Å². The molecule has 0 aliphatic heterocycles. The van der Waals surface area contributed by atoms with Crippen LogP contribution in [0.3, 0.4) is 0 Å². The Balaban J connectivity index is 2.07. The van der Waals surface area contributed by atoms with Crippen molar-refractivity contribution in [1.82, 2.24) is 4.57 Å². The number of hydrogen-bond donors (Lipinski definition) is 0. The third-order valence-corrected chi connectivity index (χ3v) is 3.57. The highest BCUT2D eigenvalue weighted by Crippen LogP contribution is 2.25. The number of aromatic nitrogens is 1. The second-order valence-corrected chi connectivity index (χ2v) is 4.79. The van der Waals surface area contributed by atoms with Gasteiger partial charge in [0.15, 0.2) is 0 Å². The van der Waals surface area contributed by atoms with E-state index in [1.54, 1.807) is 0 Å². The zero-order valence-electron chi connectivity index (χ0n) is 10.2. The van der Waals surface area contributed by atoms with Crippen LogP contribution in [0.5, 0.6) is 0 Å². The third-order valence-electron chi connectivity index (χ3n) is 3.24. The maximum Gasteiger partial charge on any atom is 0.0995 e. The van der Waals surface area contributed by atoms with E-state index in [-0.39, 0.29) is 0 Å². The lowest BCUT2D eigenvalue weighted by Crippen LogP contribution is -2.00. The van der Waals surface area contributed by atoms with E-state index in [1.165, 1.54) is 0 Å². The minimum absolute atomic E-state index is 0.674. The Kier molecular flexibility index (Phi) is 2.98. The van der Waals surface area contributed by atoms with Crippen LogP contribution in [0.1, 0.15) is 11.1 Å². The van der Waals surface area contributed by atoms with Crippen LogP contribution in [-0.2, 0) is 6.54 Å². The molecule has 0 atom stereocenters. The molecule has 0 N–H and O–H groups in total. The lowest BCUT2D eigenvalue weighted by molar-refractivity contribution is 0.834. The summed E-state index contributed by atoms with van der Waals surface area (Å²) in [6.07, 6.45) is 2.00. The highest BCUT2D eigenvalue weighted by molar-refractivity contribution is 6.35. The monoisotopic (exact) mass is 266 g/mol. The van der Waals surface area contributed by atoms with E-state index in [4.69, 9.17) is 16.9 Å².